The van der Waals surface area contributed by atoms with Gasteiger partial charge in [0, 0.05) is 12.7 Å². The van der Waals surface area contributed by atoms with Crippen LogP contribution in [0.2, 0.25) is 0 Å². The van der Waals surface area contributed by atoms with E-state index in [1.54, 1.807) is 17.1 Å². The molecule has 0 fully saturated rings. The molecule has 0 bridgehead atoms. The second-order valence-electron chi connectivity index (χ2n) is 4.10. The lowest BCUT2D eigenvalue weighted by molar-refractivity contribution is -0.139. The summed E-state index contributed by atoms with van der Waals surface area (Å²) in [5.74, 6) is -1.01. The summed E-state index contributed by atoms with van der Waals surface area (Å²) in [4.78, 5) is 22.5. The van der Waals surface area contributed by atoms with Crippen molar-refractivity contribution in [2.75, 3.05) is 6.54 Å². The maximum atomic E-state index is 11.5. The number of nitrogens with zero attached hydrogens (tertiary/aromatic N) is 3. The topological polar surface area (TPSA) is 109 Å². The average Bonchev–Trinajstić information content (AvgIpc) is 2.87. The highest BCUT2D eigenvalue weighted by atomic mass is 16.4. The van der Waals surface area contributed by atoms with Gasteiger partial charge in [-0.2, -0.15) is 0 Å². The maximum Gasteiger partial charge on any atom is 0.326 e. The van der Waals surface area contributed by atoms with Gasteiger partial charge in [0.05, 0.1) is 12.7 Å². The van der Waals surface area contributed by atoms with Crippen molar-refractivity contribution in [2.24, 2.45) is 0 Å². The highest BCUT2D eigenvalue weighted by molar-refractivity contribution is 5.82. The zero-order valence-corrected chi connectivity index (χ0v) is 10.9. The maximum absolute atomic E-state index is 11.5. The van der Waals surface area contributed by atoms with Crippen LogP contribution in [0.15, 0.2) is 12.4 Å². The van der Waals surface area contributed by atoms with Crippen LogP contribution in [0.5, 0.6) is 0 Å². The monoisotopic (exact) mass is 269 g/mol. The Kier molecular flexibility index (Phi) is 6.34. The van der Waals surface area contributed by atoms with Crippen molar-refractivity contribution < 1.29 is 14.7 Å². The van der Waals surface area contributed by atoms with E-state index in [0.717, 1.165) is 12.8 Å². The van der Waals surface area contributed by atoms with Crippen LogP contribution in [0.4, 0.5) is 4.79 Å². The molecule has 0 saturated heterocycles. The first kappa shape index (κ1) is 14.9. The molecule has 0 aliphatic heterocycles. The van der Waals surface area contributed by atoms with E-state index in [2.05, 4.69) is 20.9 Å². The number of aliphatic carboxylic acids is 1. The molecule has 0 aliphatic carbocycles. The SMILES string of the molecule is CCCC[C@H](NC(=O)NCCn1ccnn1)C(=O)O. The molecule has 3 N–H and O–H groups in total. The van der Waals surface area contributed by atoms with Crippen molar-refractivity contribution in [1.29, 1.82) is 0 Å². The fourth-order valence-electron chi connectivity index (χ4n) is 1.51. The molecular weight excluding hydrogens is 250 g/mol. The normalized spacial score (nSPS) is 11.8. The van der Waals surface area contributed by atoms with Gasteiger partial charge in [-0.25, -0.2) is 9.59 Å². The predicted molar refractivity (Wildman–Crippen MR) is 67.5 cm³/mol. The van der Waals surface area contributed by atoms with Crippen molar-refractivity contribution in [1.82, 2.24) is 25.6 Å². The van der Waals surface area contributed by atoms with Crippen LogP contribution >= 0.6 is 0 Å². The molecule has 1 atom stereocenters. The van der Waals surface area contributed by atoms with E-state index < -0.39 is 18.0 Å². The summed E-state index contributed by atoms with van der Waals surface area (Å²) < 4.78 is 1.58. The zero-order chi connectivity index (χ0) is 14.1. The van der Waals surface area contributed by atoms with Crippen LogP contribution in [-0.2, 0) is 11.3 Å². The number of amides is 2. The number of carboxylic acid groups (broad SMARTS) is 1. The lowest BCUT2D eigenvalue weighted by Gasteiger charge is -2.14. The Labute approximate surface area is 111 Å². The van der Waals surface area contributed by atoms with Gasteiger partial charge in [0.25, 0.3) is 0 Å². The molecular formula is C11H19N5O3. The van der Waals surface area contributed by atoms with E-state index in [9.17, 15) is 9.59 Å². The smallest absolute Gasteiger partial charge is 0.326 e. The van der Waals surface area contributed by atoms with Crippen LogP contribution in [0.1, 0.15) is 26.2 Å². The van der Waals surface area contributed by atoms with Gasteiger partial charge >= 0.3 is 12.0 Å². The third-order valence-electron chi connectivity index (χ3n) is 2.55. The van der Waals surface area contributed by atoms with Crippen LogP contribution in [-0.4, -0.2) is 44.7 Å². The van der Waals surface area contributed by atoms with Gasteiger partial charge < -0.3 is 15.7 Å². The van der Waals surface area contributed by atoms with E-state index in [1.165, 1.54) is 0 Å². The van der Waals surface area contributed by atoms with E-state index >= 15 is 0 Å². The molecule has 106 valence electrons. The lowest BCUT2D eigenvalue weighted by atomic mass is 10.1. The third kappa shape index (κ3) is 5.84. The summed E-state index contributed by atoms with van der Waals surface area (Å²) in [6, 6.07) is -1.32. The number of hydrogen-bond acceptors (Lipinski definition) is 4. The van der Waals surface area contributed by atoms with Gasteiger partial charge in [-0.1, -0.05) is 25.0 Å². The molecule has 1 rings (SSSR count). The number of aromatic nitrogens is 3. The molecule has 0 spiro atoms. The fourth-order valence-corrected chi connectivity index (χ4v) is 1.51. The molecule has 19 heavy (non-hydrogen) atoms. The molecule has 1 aromatic heterocycles. The van der Waals surface area contributed by atoms with Crippen LogP contribution in [0, 0.1) is 0 Å². The van der Waals surface area contributed by atoms with E-state index in [1.807, 2.05) is 6.92 Å². The van der Waals surface area contributed by atoms with Gasteiger partial charge in [0.15, 0.2) is 0 Å². The molecule has 8 nitrogen and oxygen atoms in total. The van der Waals surface area contributed by atoms with E-state index in [4.69, 9.17) is 5.11 Å². The van der Waals surface area contributed by atoms with Crippen LogP contribution in [0.25, 0.3) is 0 Å². The molecule has 1 aromatic rings. The molecule has 0 saturated carbocycles. The van der Waals surface area contributed by atoms with Crippen LogP contribution in [0.3, 0.4) is 0 Å². The first-order valence-electron chi connectivity index (χ1n) is 6.24. The van der Waals surface area contributed by atoms with Crippen molar-refractivity contribution >= 4 is 12.0 Å². The van der Waals surface area contributed by atoms with Crippen LogP contribution < -0.4 is 10.6 Å². The molecule has 0 radical (unpaired) electrons. The number of carbonyl (C=O) groups is 2. The highest BCUT2D eigenvalue weighted by Crippen LogP contribution is 2.00. The summed E-state index contributed by atoms with van der Waals surface area (Å²) in [5.41, 5.74) is 0. The minimum atomic E-state index is -1.01. The predicted octanol–water partition coefficient (Wildman–Crippen LogP) is 0.221. The number of hydrogen-bond donors (Lipinski definition) is 3. The highest BCUT2D eigenvalue weighted by Gasteiger charge is 2.18. The number of unbranched alkanes of at least 4 members (excludes halogenated alkanes) is 1. The Bertz CT molecular complexity index is 393. The second-order valence-corrected chi connectivity index (χ2v) is 4.10. The number of rotatable bonds is 8. The van der Waals surface area contributed by atoms with Crippen molar-refractivity contribution in [3.63, 3.8) is 0 Å². The Balaban J connectivity index is 2.25. The Hall–Kier alpha value is -2.12. The van der Waals surface area contributed by atoms with Gasteiger partial charge in [-0.3, -0.25) is 4.68 Å². The molecule has 0 aliphatic rings. The number of carboxylic acids is 1. The van der Waals surface area contributed by atoms with Crippen molar-refractivity contribution in [2.45, 2.75) is 38.8 Å². The minimum absolute atomic E-state index is 0.356. The number of carbonyl (C=O) groups excluding carboxylic acids is 1. The molecule has 0 aromatic carbocycles. The first-order chi connectivity index (χ1) is 9.13. The summed E-state index contributed by atoms with van der Waals surface area (Å²) in [6.45, 7) is 2.81. The number of nitrogens with one attached hydrogen (secondary N) is 2. The van der Waals surface area contributed by atoms with Crippen molar-refractivity contribution in [3.8, 4) is 0 Å². The Morgan fingerprint density at radius 3 is 2.84 bits per heavy atom. The minimum Gasteiger partial charge on any atom is -0.480 e. The Morgan fingerprint density at radius 2 is 2.26 bits per heavy atom. The first-order valence-corrected chi connectivity index (χ1v) is 6.24. The Morgan fingerprint density at radius 1 is 1.47 bits per heavy atom. The summed E-state index contributed by atoms with van der Waals surface area (Å²) in [6.07, 6.45) is 5.31. The summed E-state index contributed by atoms with van der Waals surface area (Å²) in [5, 5.41) is 21.4. The molecule has 2 amide bonds. The number of urea groups is 1. The molecule has 1 heterocycles. The fraction of sp³-hybridized carbons (Fsp3) is 0.636. The van der Waals surface area contributed by atoms with Gasteiger partial charge in [-0.15, -0.1) is 5.10 Å². The van der Waals surface area contributed by atoms with Gasteiger partial charge in [0.2, 0.25) is 0 Å². The van der Waals surface area contributed by atoms with Gasteiger partial charge in [0.1, 0.15) is 6.04 Å². The van der Waals surface area contributed by atoms with E-state index in [-0.39, 0.29) is 0 Å². The lowest BCUT2D eigenvalue weighted by Crippen LogP contribution is -2.46. The standard InChI is InChI=1S/C11H19N5O3/c1-2-3-4-9(10(17)18)14-11(19)12-5-7-16-8-6-13-15-16/h6,8-9H,2-5,7H2,1H3,(H,17,18)(H2,12,14,19)/t9-/m0/s1. The van der Waals surface area contributed by atoms with Gasteiger partial charge in [-0.05, 0) is 6.42 Å². The summed E-state index contributed by atoms with van der Waals surface area (Å²) >= 11 is 0. The summed E-state index contributed by atoms with van der Waals surface area (Å²) in [7, 11) is 0. The molecule has 0 unspecified atom stereocenters. The third-order valence-corrected chi connectivity index (χ3v) is 2.55. The quantitative estimate of drug-likeness (QED) is 0.625. The molecule has 8 heteroatoms. The largest absolute Gasteiger partial charge is 0.480 e. The zero-order valence-electron chi connectivity index (χ0n) is 10.9. The van der Waals surface area contributed by atoms with Crippen molar-refractivity contribution in [3.05, 3.63) is 12.4 Å². The van der Waals surface area contributed by atoms with E-state index in [0.29, 0.717) is 19.5 Å². The average molecular weight is 269 g/mol. The second kappa shape index (κ2) is 8.06.